The van der Waals surface area contributed by atoms with Gasteiger partial charge in [0.1, 0.15) is 5.75 Å². The van der Waals surface area contributed by atoms with Crippen molar-refractivity contribution in [2.45, 2.75) is 32.1 Å². The van der Waals surface area contributed by atoms with Crippen molar-refractivity contribution in [2.24, 2.45) is 5.73 Å². The number of hydrogen-bond donors (Lipinski definition) is 1. The fourth-order valence-corrected chi connectivity index (χ4v) is 2.52. The predicted molar refractivity (Wildman–Crippen MR) is 80.1 cm³/mol. The molecule has 1 fully saturated rings. The number of benzene rings is 1. The number of amides is 2. The summed E-state index contributed by atoms with van der Waals surface area (Å²) in [5.41, 5.74) is 5.59. The van der Waals surface area contributed by atoms with Crippen LogP contribution in [0.2, 0.25) is 0 Å². The van der Waals surface area contributed by atoms with Crippen LogP contribution in [0.15, 0.2) is 24.3 Å². The van der Waals surface area contributed by atoms with E-state index in [0.29, 0.717) is 11.3 Å². The normalized spacial score (nSPS) is 15.9. The maximum absolute atomic E-state index is 12.2. The van der Waals surface area contributed by atoms with Crippen molar-refractivity contribution in [1.29, 1.82) is 0 Å². The molecule has 1 aliphatic heterocycles. The monoisotopic (exact) mass is 290 g/mol. The summed E-state index contributed by atoms with van der Waals surface area (Å²) in [5.74, 6) is -0.217. The molecule has 1 aromatic rings. The Bertz CT molecular complexity index is 494. The van der Waals surface area contributed by atoms with Gasteiger partial charge in [0.15, 0.2) is 6.61 Å². The van der Waals surface area contributed by atoms with E-state index in [2.05, 4.69) is 0 Å². The third-order valence-electron chi connectivity index (χ3n) is 3.71. The Morgan fingerprint density at radius 1 is 1.05 bits per heavy atom. The van der Waals surface area contributed by atoms with Gasteiger partial charge in [0.2, 0.25) is 0 Å². The van der Waals surface area contributed by atoms with Gasteiger partial charge in [-0.3, -0.25) is 9.59 Å². The summed E-state index contributed by atoms with van der Waals surface area (Å²) < 4.78 is 5.49. The first-order valence-corrected chi connectivity index (χ1v) is 7.48. The maximum Gasteiger partial charge on any atom is 0.260 e. The lowest BCUT2D eigenvalue weighted by molar-refractivity contribution is -0.133. The maximum atomic E-state index is 12.2. The zero-order valence-electron chi connectivity index (χ0n) is 12.2. The first-order valence-electron chi connectivity index (χ1n) is 7.48. The molecule has 1 aliphatic rings. The van der Waals surface area contributed by atoms with Crippen LogP contribution >= 0.6 is 0 Å². The van der Waals surface area contributed by atoms with E-state index in [1.807, 2.05) is 4.90 Å². The number of rotatable bonds is 4. The zero-order chi connectivity index (χ0) is 15.1. The van der Waals surface area contributed by atoms with Gasteiger partial charge in [-0.2, -0.15) is 0 Å². The van der Waals surface area contributed by atoms with Crippen molar-refractivity contribution >= 4 is 11.8 Å². The Hall–Kier alpha value is -2.04. The van der Waals surface area contributed by atoms with Crippen molar-refractivity contribution in [1.82, 2.24) is 4.90 Å². The largest absolute Gasteiger partial charge is 0.483 e. The third-order valence-corrected chi connectivity index (χ3v) is 3.71. The number of ether oxygens (including phenoxy) is 1. The number of nitrogens with two attached hydrogens (primary N) is 1. The molecule has 1 heterocycles. The molecule has 5 nitrogen and oxygen atoms in total. The van der Waals surface area contributed by atoms with Crippen LogP contribution in [0.25, 0.3) is 0 Å². The first kappa shape index (κ1) is 15.4. The van der Waals surface area contributed by atoms with Crippen LogP contribution in [0.3, 0.4) is 0 Å². The first-order chi connectivity index (χ1) is 10.2. The molecule has 2 rings (SSSR count). The number of carbonyl (C=O) groups is 2. The number of likely N-dealkylation sites (tertiary alicyclic amines) is 1. The second kappa shape index (κ2) is 7.67. The highest BCUT2D eigenvalue weighted by Gasteiger charge is 2.16. The summed E-state index contributed by atoms with van der Waals surface area (Å²) in [4.78, 5) is 25.4. The Morgan fingerprint density at radius 3 is 2.33 bits per heavy atom. The van der Waals surface area contributed by atoms with E-state index in [4.69, 9.17) is 10.5 Å². The number of primary amides is 1. The average Bonchev–Trinajstić information content (AvgIpc) is 2.44. The number of para-hydroxylation sites is 1. The van der Waals surface area contributed by atoms with E-state index in [9.17, 15) is 9.59 Å². The molecule has 5 heteroatoms. The van der Waals surface area contributed by atoms with Gasteiger partial charge in [-0.1, -0.05) is 31.4 Å². The molecule has 0 unspecified atom stereocenters. The number of hydrogen-bond acceptors (Lipinski definition) is 3. The third kappa shape index (κ3) is 4.48. The molecule has 2 amide bonds. The molecular formula is C16H22N2O3. The Morgan fingerprint density at radius 2 is 1.67 bits per heavy atom. The fourth-order valence-electron chi connectivity index (χ4n) is 2.52. The summed E-state index contributed by atoms with van der Waals surface area (Å²) in [6.07, 6.45) is 5.70. The fraction of sp³-hybridized carbons (Fsp3) is 0.500. The van der Waals surface area contributed by atoms with Crippen LogP contribution in [-0.4, -0.2) is 36.4 Å². The highest BCUT2D eigenvalue weighted by atomic mass is 16.5. The van der Waals surface area contributed by atoms with Crippen LogP contribution < -0.4 is 10.5 Å². The van der Waals surface area contributed by atoms with E-state index in [1.165, 1.54) is 19.3 Å². The molecular weight excluding hydrogens is 268 g/mol. The van der Waals surface area contributed by atoms with Crippen LogP contribution in [0.4, 0.5) is 0 Å². The summed E-state index contributed by atoms with van der Waals surface area (Å²) in [7, 11) is 0. The number of carbonyl (C=O) groups excluding carboxylic acids is 2. The smallest absolute Gasteiger partial charge is 0.260 e. The average molecular weight is 290 g/mol. The van der Waals surface area contributed by atoms with Crippen LogP contribution in [0.1, 0.15) is 42.5 Å². The van der Waals surface area contributed by atoms with Crippen molar-refractivity contribution in [3.63, 3.8) is 0 Å². The van der Waals surface area contributed by atoms with Gasteiger partial charge in [-0.25, -0.2) is 0 Å². The Labute approximate surface area is 125 Å². The van der Waals surface area contributed by atoms with Gasteiger partial charge >= 0.3 is 0 Å². The minimum absolute atomic E-state index is 0.0313. The molecule has 2 N–H and O–H groups in total. The Kier molecular flexibility index (Phi) is 5.60. The van der Waals surface area contributed by atoms with E-state index in [0.717, 1.165) is 25.9 Å². The highest BCUT2D eigenvalue weighted by molar-refractivity contribution is 5.95. The second-order valence-electron chi connectivity index (χ2n) is 5.30. The molecule has 0 aliphatic carbocycles. The quantitative estimate of drug-likeness (QED) is 0.921. The van der Waals surface area contributed by atoms with Crippen LogP contribution in [-0.2, 0) is 4.79 Å². The highest BCUT2D eigenvalue weighted by Crippen LogP contribution is 2.17. The zero-order valence-corrected chi connectivity index (χ0v) is 12.2. The molecule has 0 atom stereocenters. The lowest BCUT2D eigenvalue weighted by atomic mass is 10.1. The molecule has 21 heavy (non-hydrogen) atoms. The van der Waals surface area contributed by atoms with Gasteiger partial charge in [-0.15, -0.1) is 0 Å². The topological polar surface area (TPSA) is 72.6 Å². The Balaban J connectivity index is 1.92. The van der Waals surface area contributed by atoms with E-state index >= 15 is 0 Å². The second-order valence-corrected chi connectivity index (χ2v) is 5.30. The van der Waals surface area contributed by atoms with E-state index in [1.54, 1.807) is 24.3 Å². The number of nitrogens with zero attached hydrogens (tertiary/aromatic N) is 1. The molecule has 1 aromatic carbocycles. The molecule has 0 spiro atoms. The van der Waals surface area contributed by atoms with Gasteiger partial charge in [0.05, 0.1) is 5.56 Å². The molecule has 0 saturated carbocycles. The van der Waals surface area contributed by atoms with Gasteiger partial charge < -0.3 is 15.4 Å². The van der Waals surface area contributed by atoms with E-state index < -0.39 is 5.91 Å². The van der Waals surface area contributed by atoms with Gasteiger partial charge in [-0.05, 0) is 25.0 Å². The lowest BCUT2D eigenvalue weighted by Crippen LogP contribution is -2.37. The standard InChI is InChI=1S/C16H22N2O3/c17-16(20)13-8-4-5-9-14(13)21-12-15(19)18-10-6-2-1-3-7-11-18/h4-5,8-9H,1-3,6-7,10-12H2,(H2,17,20). The van der Waals surface area contributed by atoms with Crippen molar-refractivity contribution in [2.75, 3.05) is 19.7 Å². The van der Waals surface area contributed by atoms with Crippen molar-refractivity contribution in [3.8, 4) is 5.75 Å². The van der Waals surface area contributed by atoms with Crippen LogP contribution in [0.5, 0.6) is 5.75 Å². The predicted octanol–water partition coefficient (Wildman–Crippen LogP) is 1.96. The molecule has 114 valence electrons. The molecule has 1 saturated heterocycles. The van der Waals surface area contributed by atoms with Crippen molar-refractivity contribution < 1.29 is 14.3 Å². The van der Waals surface area contributed by atoms with Gasteiger partial charge in [0.25, 0.3) is 11.8 Å². The molecule has 0 radical (unpaired) electrons. The summed E-state index contributed by atoms with van der Waals surface area (Å²) in [6, 6.07) is 6.72. The summed E-state index contributed by atoms with van der Waals surface area (Å²) >= 11 is 0. The summed E-state index contributed by atoms with van der Waals surface area (Å²) in [6.45, 7) is 1.53. The lowest BCUT2D eigenvalue weighted by Gasteiger charge is -2.24. The SMILES string of the molecule is NC(=O)c1ccccc1OCC(=O)N1CCCCCCC1. The summed E-state index contributed by atoms with van der Waals surface area (Å²) in [5, 5.41) is 0. The minimum atomic E-state index is -0.552. The van der Waals surface area contributed by atoms with Crippen LogP contribution in [0, 0.1) is 0 Å². The minimum Gasteiger partial charge on any atom is -0.483 e. The van der Waals surface area contributed by atoms with Gasteiger partial charge in [0, 0.05) is 13.1 Å². The van der Waals surface area contributed by atoms with E-state index in [-0.39, 0.29) is 12.5 Å². The van der Waals surface area contributed by atoms with Crippen molar-refractivity contribution in [3.05, 3.63) is 29.8 Å². The molecule has 0 bridgehead atoms. The molecule has 0 aromatic heterocycles.